The number of aromatic nitrogens is 1. The molecule has 120 valence electrons. The third-order valence-electron chi connectivity index (χ3n) is 2.84. The quantitative estimate of drug-likeness (QED) is 0.757. The van der Waals surface area contributed by atoms with Gasteiger partial charge in [-0.15, -0.1) is 11.3 Å². The van der Waals surface area contributed by atoms with Crippen molar-refractivity contribution in [1.29, 1.82) is 0 Å². The van der Waals surface area contributed by atoms with Crippen molar-refractivity contribution in [3.05, 3.63) is 29.1 Å². The van der Waals surface area contributed by atoms with Gasteiger partial charge in [0.25, 0.3) is 0 Å². The molecule has 0 saturated heterocycles. The predicted molar refractivity (Wildman–Crippen MR) is 91.1 cm³/mol. The van der Waals surface area contributed by atoms with E-state index in [0.29, 0.717) is 18.8 Å². The maximum atomic E-state index is 11.2. The molecule has 0 fully saturated rings. The molecule has 1 heterocycles. The first-order valence-corrected chi connectivity index (χ1v) is 9.38. The highest BCUT2D eigenvalue weighted by Gasteiger charge is 2.10. The van der Waals surface area contributed by atoms with Crippen molar-refractivity contribution in [2.24, 2.45) is 0 Å². The molecule has 0 radical (unpaired) electrons. The van der Waals surface area contributed by atoms with Gasteiger partial charge >= 0.3 is 0 Å². The summed E-state index contributed by atoms with van der Waals surface area (Å²) in [6.07, 6.45) is 1.13. The average Bonchev–Trinajstić information content (AvgIpc) is 2.79. The minimum absolute atomic E-state index is 0.539. The number of hydrogen-bond donors (Lipinski definition) is 2. The zero-order valence-electron chi connectivity index (χ0n) is 12.7. The lowest BCUT2D eigenvalue weighted by Gasteiger charge is -2.05. The standard InChI is InChI=1S/C14H19N3O3S2/c1-10-13(16-14(21-10)15-8-9-20-2)11-4-6-12(7-5-11)17-22(3,18)19/h4-7,17H,8-9H2,1-3H3,(H,15,16). The second-order valence-corrected chi connectivity index (χ2v) is 7.75. The Bertz CT molecular complexity index is 724. The normalized spacial score (nSPS) is 11.4. The minimum Gasteiger partial charge on any atom is -0.383 e. The number of nitrogens with zero attached hydrogens (tertiary/aromatic N) is 1. The van der Waals surface area contributed by atoms with Crippen molar-refractivity contribution in [3.8, 4) is 11.3 Å². The zero-order valence-corrected chi connectivity index (χ0v) is 14.3. The van der Waals surface area contributed by atoms with Gasteiger partial charge in [0.1, 0.15) is 0 Å². The number of thiazole rings is 1. The Kier molecular flexibility index (Phi) is 5.38. The molecule has 1 aromatic heterocycles. The lowest BCUT2D eigenvalue weighted by atomic mass is 10.1. The molecule has 0 aliphatic carbocycles. The Hall–Kier alpha value is -1.64. The fourth-order valence-electron chi connectivity index (χ4n) is 1.91. The number of anilines is 2. The molecule has 1 aromatic carbocycles. The van der Waals surface area contributed by atoms with E-state index in [1.807, 2.05) is 19.1 Å². The van der Waals surface area contributed by atoms with Crippen LogP contribution in [-0.2, 0) is 14.8 Å². The smallest absolute Gasteiger partial charge is 0.229 e. The zero-order chi connectivity index (χ0) is 16.2. The Morgan fingerprint density at radius 2 is 1.95 bits per heavy atom. The number of ether oxygens (including phenoxy) is 1. The molecule has 0 bridgehead atoms. The van der Waals surface area contributed by atoms with Gasteiger partial charge in [-0.25, -0.2) is 13.4 Å². The largest absolute Gasteiger partial charge is 0.383 e. The van der Waals surface area contributed by atoms with Crippen molar-refractivity contribution >= 4 is 32.2 Å². The molecular weight excluding hydrogens is 322 g/mol. The number of methoxy groups -OCH3 is 1. The Morgan fingerprint density at radius 3 is 2.55 bits per heavy atom. The molecular formula is C14H19N3O3S2. The highest BCUT2D eigenvalue weighted by atomic mass is 32.2. The van der Waals surface area contributed by atoms with Gasteiger partial charge in [-0.3, -0.25) is 4.72 Å². The van der Waals surface area contributed by atoms with E-state index >= 15 is 0 Å². The fourth-order valence-corrected chi connectivity index (χ4v) is 3.34. The van der Waals surface area contributed by atoms with E-state index in [1.54, 1.807) is 30.6 Å². The maximum absolute atomic E-state index is 11.2. The third-order valence-corrected chi connectivity index (χ3v) is 4.38. The van der Waals surface area contributed by atoms with Crippen LogP contribution in [-0.4, -0.2) is 39.9 Å². The Balaban J connectivity index is 2.14. The van der Waals surface area contributed by atoms with Crippen LogP contribution in [0.5, 0.6) is 0 Å². The van der Waals surface area contributed by atoms with Gasteiger partial charge in [0, 0.05) is 29.8 Å². The first kappa shape index (κ1) is 16.7. The molecule has 0 spiro atoms. The van der Waals surface area contributed by atoms with E-state index < -0.39 is 10.0 Å². The summed E-state index contributed by atoms with van der Waals surface area (Å²) in [7, 11) is -1.60. The van der Waals surface area contributed by atoms with E-state index in [0.717, 1.165) is 27.5 Å². The van der Waals surface area contributed by atoms with Gasteiger partial charge in [-0.05, 0) is 19.1 Å². The number of rotatable bonds is 7. The number of hydrogen-bond acceptors (Lipinski definition) is 6. The first-order chi connectivity index (χ1) is 10.4. The van der Waals surface area contributed by atoms with Crippen molar-refractivity contribution < 1.29 is 13.2 Å². The van der Waals surface area contributed by atoms with Crippen LogP contribution in [0.15, 0.2) is 24.3 Å². The molecule has 0 amide bonds. The Labute approximate surface area is 134 Å². The van der Waals surface area contributed by atoms with Crippen LogP contribution in [0.25, 0.3) is 11.3 Å². The van der Waals surface area contributed by atoms with Gasteiger partial charge in [0.05, 0.1) is 18.6 Å². The van der Waals surface area contributed by atoms with Crippen LogP contribution in [0.2, 0.25) is 0 Å². The van der Waals surface area contributed by atoms with Gasteiger partial charge < -0.3 is 10.1 Å². The van der Waals surface area contributed by atoms with E-state index in [2.05, 4.69) is 15.0 Å². The topological polar surface area (TPSA) is 80.3 Å². The van der Waals surface area contributed by atoms with Gasteiger partial charge in [-0.2, -0.15) is 0 Å². The van der Waals surface area contributed by atoms with E-state index in [9.17, 15) is 8.42 Å². The van der Waals surface area contributed by atoms with Crippen molar-refractivity contribution in [3.63, 3.8) is 0 Å². The lowest BCUT2D eigenvalue weighted by molar-refractivity contribution is 0.211. The van der Waals surface area contributed by atoms with E-state index in [4.69, 9.17) is 4.74 Å². The summed E-state index contributed by atoms with van der Waals surface area (Å²) < 4.78 is 29.8. The van der Waals surface area contributed by atoms with Crippen LogP contribution in [0, 0.1) is 6.92 Å². The molecule has 0 aliphatic rings. The molecule has 0 atom stereocenters. The summed E-state index contributed by atoms with van der Waals surface area (Å²) in [4.78, 5) is 5.67. The van der Waals surface area contributed by atoms with Crippen LogP contribution < -0.4 is 10.0 Å². The van der Waals surface area contributed by atoms with Gasteiger partial charge in [-0.1, -0.05) is 12.1 Å². The van der Waals surface area contributed by atoms with E-state index in [-0.39, 0.29) is 0 Å². The molecule has 6 nitrogen and oxygen atoms in total. The second-order valence-electron chi connectivity index (χ2n) is 4.79. The summed E-state index contributed by atoms with van der Waals surface area (Å²) >= 11 is 1.58. The molecule has 0 saturated carbocycles. The van der Waals surface area contributed by atoms with Gasteiger partial charge in [0.2, 0.25) is 10.0 Å². The molecule has 2 N–H and O–H groups in total. The van der Waals surface area contributed by atoms with Crippen molar-refractivity contribution in [1.82, 2.24) is 4.98 Å². The Morgan fingerprint density at radius 1 is 1.27 bits per heavy atom. The SMILES string of the molecule is COCCNc1nc(-c2ccc(NS(C)(=O)=O)cc2)c(C)s1. The molecule has 0 aliphatic heterocycles. The average molecular weight is 341 g/mol. The maximum Gasteiger partial charge on any atom is 0.229 e. The number of benzene rings is 1. The minimum atomic E-state index is -3.26. The fraction of sp³-hybridized carbons (Fsp3) is 0.357. The molecule has 2 rings (SSSR count). The second kappa shape index (κ2) is 7.08. The van der Waals surface area contributed by atoms with Crippen molar-refractivity contribution in [2.45, 2.75) is 6.92 Å². The number of aryl methyl sites for hydroxylation is 1. The summed E-state index contributed by atoms with van der Waals surface area (Å²) in [5, 5.41) is 4.06. The van der Waals surface area contributed by atoms with Gasteiger partial charge in [0.15, 0.2) is 5.13 Å². The number of nitrogens with one attached hydrogen (secondary N) is 2. The molecule has 22 heavy (non-hydrogen) atoms. The van der Waals surface area contributed by atoms with Crippen LogP contribution in [0.4, 0.5) is 10.8 Å². The van der Waals surface area contributed by atoms with Crippen molar-refractivity contribution in [2.75, 3.05) is 36.6 Å². The summed E-state index contributed by atoms with van der Waals surface area (Å²) in [5.41, 5.74) is 2.39. The highest BCUT2D eigenvalue weighted by Crippen LogP contribution is 2.30. The summed E-state index contributed by atoms with van der Waals surface area (Å²) in [6, 6.07) is 7.17. The lowest BCUT2D eigenvalue weighted by Crippen LogP contribution is -2.09. The van der Waals surface area contributed by atoms with Crippen LogP contribution >= 0.6 is 11.3 Å². The molecule has 0 unspecified atom stereocenters. The summed E-state index contributed by atoms with van der Waals surface area (Å²) in [6.45, 7) is 3.34. The molecule has 2 aromatic rings. The monoisotopic (exact) mass is 341 g/mol. The third kappa shape index (κ3) is 4.69. The number of sulfonamides is 1. The van der Waals surface area contributed by atoms with Crippen LogP contribution in [0.1, 0.15) is 4.88 Å². The predicted octanol–water partition coefficient (Wildman–Crippen LogP) is 2.55. The molecule has 8 heteroatoms. The van der Waals surface area contributed by atoms with Crippen LogP contribution in [0.3, 0.4) is 0 Å². The highest BCUT2D eigenvalue weighted by molar-refractivity contribution is 7.92. The first-order valence-electron chi connectivity index (χ1n) is 6.67. The van der Waals surface area contributed by atoms with E-state index in [1.165, 1.54) is 0 Å². The summed E-state index contributed by atoms with van der Waals surface area (Å²) in [5.74, 6) is 0.